The standard InChI is InChI=1S/C24H34O2/c1-6-16(2)10-7-11-17(3)24(20-12-8-14-22(25)18(20)4)21-13-9-15-23(26)19(21)5/h8-9,12-17,24-26H,6-7,10-11H2,1-5H3. The Morgan fingerprint density at radius 3 is 1.77 bits per heavy atom. The number of rotatable bonds is 8. The lowest BCUT2D eigenvalue weighted by atomic mass is 9.76. The predicted molar refractivity (Wildman–Crippen MR) is 110 cm³/mol. The third kappa shape index (κ3) is 4.60. The maximum Gasteiger partial charge on any atom is 0.118 e. The summed E-state index contributed by atoms with van der Waals surface area (Å²) in [5.41, 5.74) is 4.20. The van der Waals surface area contributed by atoms with Gasteiger partial charge in [0.05, 0.1) is 0 Å². The van der Waals surface area contributed by atoms with E-state index in [1.165, 1.54) is 19.3 Å². The average Bonchev–Trinajstić information content (AvgIpc) is 2.62. The molecule has 0 aliphatic carbocycles. The monoisotopic (exact) mass is 354 g/mol. The normalized spacial score (nSPS) is 13.8. The van der Waals surface area contributed by atoms with E-state index >= 15 is 0 Å². The van der Waals surface area contributed by atoms with Gasteiger partial charge in [-0.15, -0.1) is 0 Å². The van der Waals surface area contributed by atoms with Crippen molar-refractivity contribution >= 4 is 0 Å². The molecule has 0 aliphatic heterocycles. The Balaban J connectivity index is 2.39. The van der Waals surface area contributed by atoms with Gasteiger partial charge in [-0.2, -0.15) is 0 Å². The number of phenolic OH excluding ortho intramolecular Hbond substituents is 2. The summed E-state index contributed by atoms with van der Waals surface area (Å²) in [6.07, 6.45) is 4.84. The molecule has 0 aliphatic rings. The van der Waals surface area contributed by atoms with Crippen molar-refractivity contribution in [3.05, 3.63) is 58.7 Å². The van der Waals surface area contributed by atoms with Crippen LogP contribution in [0.1, 0.15) is 74.6 Å². The fourth-order valence-corrected chi connectivity index (χ4v) is 3.90. The van der Waals surface area contributed by atoms with Gasteiger partial charge in [-0.3, -0.25) is 0 Å². The Bertz CT molecular complexity index is 669. The fraction of sp³-hybridized carbons (Fsp3) is 0.500. The van der Waals surface area contributed by atoms with Crippen LogP contribution in [0.3, 0.4) is 0 Å². The van der Waals surface area contributed by atoms with Crippen molar-refractivity contribution in [2.24, 2.45) is 11.8 Å². The van der Waals surface area contributed by atoms with Crippen LogP contribution in [-0.2, 0) is 0 Å². The molecule has 0 amide bonds. The van der Waals surface area contributed by atoms with E-state index in [1.807, 2.05) is 26.0 Å². The lowest BCUT2D eigenvalue weighted by Gasteiger charge is -2.29. The molecule has 0 fully saturated rings. The maximum atomic E-state index is 10.2. The number of hydrogen-bond acceptors (Lipinski definition) is 2. The molecule has 2 rings (SSSR count). The van der Waals surface area contributed by atoms with Gasteiger partial charge in [0.2, 0.25) is 0 Å². The molecule has 2 aromatic rings. The first-order valence-electron chi connectivity index (χ1n) is 9.93. The molecule has 0 aromatic heterocycles. The fourth-order valence-electron chi connectivity index (χ4n) is 3.90. The molecule has 0 saturated carbocycles. The van der Waals surface area contributed by atoms with Gasteiger partial charge < -0.3 is 10.2 Å². The van der Waals surface area contributed by atoms with Crippen LogP contribution >= 0.6 is 0 Å². The molecule has 2 atom stereocenters. The van der Waals surface area contributed by atoms with Crippen LogP contribution in [0.25, 0.3) is 0 Å². The molecular formula is C24H34O2. The highest BCUT2D eigenvalue weighted by Crippen LogP contribution is 2.41. The van der Waals surface area contributed by atoms with Crippen molar-refractivity contribution in [2.75, 3.05) is 0 Å². The average molecular weight is 355 g/mol. The van der Waals surface area contributed by atoms with E-state index in [4.69, 9.17) is 0 Å². The van der Waals surface area contributed by atoms with Crippen LogP contribution < -0.4 is 0 Å². The second-order valence-corrected chi connectivity index (χ2v) is 7.88. The van der Waals surface area contributed by atoms with Crippen molar-refractivity contribution in [3.63, 3.8) is 0 Å². The molecule has 2 N–H and O–H groups in total. The molecule has 0 spiro atoms. The highest BCUT2D eigenvalue weighted by molar-refractivity contribution is 5.49. The Morgan fingerprint density at radius 1 is 0.808 bits per heavy atom. The number of phenols is 2. The summed E-state index contributed by atoms with van der Waals surface area (Å²) in [7, 11) is 0. The van der Waals surface area contributed by atoms with Gasteiger partial charge in [-0.25, -0.2) is 0 Å². The first-order valence-corrected chi connectivity index (χ1v) is 9.93. The van der Waals surface area contributed by atoms with Crippen molar-refractivity contribution in [2.45, 2.75) is 66.2 Å². The summed E-state index contributed by atoms with van der Waals surface area (Å²) >= 11 is 0. The lowest BCUT2D eigenvalue weighted by Crippen LogP contribution is -2.15. The van der Waals surface area contributed by atoms with Crippen LogP contribution in [0.5, 0.6) is 11.5 Å². The zero-order chi connectivity index (χ0) is 19.3. The van der Waals surface area contributed by atoms with Crippen LogP contribution in [0.15, 0.2) is 36.4 Å². The summed E-state index contributed by atoms with van der Waals surface area (Å²) in [4.78, 5) is 0. The van der Waals surface area contributed by atoms with E-state index in [9.17, 15) is 10.2 Å². The van der Waals surface area contributed by atoms with Crippen LogP contribution in [-0.4, -0.2) is 10.2 Å². The van der Waals surface area contributed by atoms with Gasteiger partial charge >= 0.3 is 0 Å². The molecule has 2 nitrogen and oxygen atoms in total. The highest BCUT2D eigenvalue weighted by atomic mass is 16.3. The molecule has 26 heavy (non-hydrogen) atoms. The molecule has 0 bridgehead atoms. The first kappa shape index (κ1) is 20.4. The molecule has 2 heteroatoms. The minimum atomic E-state index is 0.172. The second kappa shape index (κ2) is 9.12. The SMILES string of the molecule is CCC(C)CCCC(C)C(c1cccc(O)c1C)c1cccc(O)c1C. The van der Waals surface area contributed by atoms with E-state index < -0.39 is 0 Å². The van der Waals surface area contributed by atoms with Gasteiger partial charge in [0.25, 0.3) is 0 Å². The van der Waals surface area contributed by atoms with Gasteiger partial charge in [0.15, 0.2) is 0 Å². The molecule has 142 valence electrons. The maximum absolute atomic E-state index is 10.2. The second-order valence-electron chi connectivity index (χ2n) is 7.88. The summed E-state index contributed by atoms with van der Waals surface area (Å²) in [5, 5.41) is 20.5. The minimum absolute atomic E-state index is 0.172. The van der Waals surface area contributed by atoms with E-state index in [2.05, 4.69) is 32.9 Å². The Labute approximate surface area is 158 Å². The van der Waals surface area contributed by atoms with Crippen molar-refractivity contribution in [1.29, 1.82) is 0 Å². The van der Waals surface area contributed by atoms with Gasteiger partial charge in [0.1, 0.15) is 11.5 Å². The number of hydrogen-bond donors (Lipinski definition) is 2. The molecular weight excluding hydrogens is 320 g/mol. The molecule has 0 saturated heterocycles. The first-order chi connectivity index (χ1) is 12.4. The highest BCUT2D eigenvalue weighted by Gasteiger charge is 2.26. The number of benzene rings is 2. The third-order valence-corrected chi connectivity index (χ3v) is 5.99. The summed E-state index contributed by atoms with van der Waals surface area (Å²) in [5.74, 6) is 2.06. The van der Waals surface area contributed by atoms with Crippen molar-refractivity contribution in [3.8, 4) is 11.5 Å². The van der Waals surface area contributed by atoms with E-state index in [0.717, 1.165) is 34.6 Å². The van der Waals surface area contributed by atoms with E-state index in [-0.39, 0.29) is 5.92 Å². The summed E-state index contributed by atoms with van der Waals surface area (Å²) in [6, 6.07) is 11.6. The molecule has 0 radical (unpaired) electrons. The quantitative estimate of drug-likeness (QED) is 0.554. The number of aromatic hydroxyl groups is 2. The zero-order valence-corrected chi connectivity index (χ0v) is 16.9. The summed E-state index contributed by atoms with van der Waals surface area (Å²) < 4.78 is 0. The van der Waals surface area contributed by atoms with Crippen molar-refractivity contribution < 1.29 is 10.2 Å². The van der Waals surface area contributed by atoms with E-state index in [0.29, 0.717) is 17.4 Å². The molecule has 0 heterocycles. The van der Waals surface area contributed by atoms with Crippen LogP contribution in [0, 0.1) is 25.7 Å². The third-order valence-electron chi connectivity index (χ3n) is 5.99. The van der Waals surface area contributed by atoms with Crippen LogP contribution in [0.4, 0.5) is 0 Å². The van der Waals surface area contributed by atoms with Gasteiger partial charge in [-0.1, -0.05) is 64.3 Å². The van der Waals surface area contributed by atoms with E-state index in [1.54, 1.807) is 12.1 Å². The van der Waals surface area contributed by atoms with Crippen molar-refractivity contribution in [1.82, 2.24) is 0 Å². The zero-order valence-electron chi connectivity index (χ0n) is 16.9. The Kier molecular flexibility index (Phi) is 7.14. The van der Waals surface area contributed by atoms with Gasteiger partial charge in [0, 0.05) is 5.92 Å². The van der Waals surface area contributed by atoms with Gasteiger partial charge in [-0.05, 0) is 66.5 Å². The molecule has 2 aromatic carbocycles. The van der Waals surface area contributed by atoms with Crippen LogP contribution in [0.2, 0.25) is 0 Å². The summed E-state index contributed by atoms with van der Waals surface area (Å²) in [6.45, 7) is 10.8. The Morgan fingerprint density at radius 2 is 1.31 bits per heavy atom. The molecule has 2 unspecified atom stereocenters. The smallest absolute Gasteiger partial charge is 0.118 e. The largest absolute Gasteiger partial charge is 0.508 e. The topological polar surface area (TPSA) is 40.5 Å². The lowest BCUT2D eigenvalue weighted by molar-refractivity contribution is 0.405. The predicted octanol–water partition coefficient (Wildman–Crippen LogP) is 6.70. The minimum Gasteiger partial charge on any atom is -0.508 e. The Hall–Kier alpha value is -1.96.